The second-order valence-electron chi connectivity index (χ2n) is 5.42. The third kappa shape index (κ3) is 4.47. The van der Waals surface area contributed by atoms with Crippen LogP contribution < -0.4 is 5.73 Å². The van der Waals surface area contributed by atoms with Gasteiger partial charge in [-0.05, 0) is 31.1 Å². The van der Waals surface area contributed by atoms with Crippen molar-refractivity contribution in [1.82, 2.24) is 4.90 Å². The summed E-state index contributed by atoms with van der Waals surface area (Å²) in [4.78, 5) is 14.1. The molecule has 17 heavy (non-hydrogen) atoms. The zero-order valence-corrected chi connectivity index (χ0v) is 12.2. The maximum absolute atomic E-state index is 12.1. The molecule has 1 rings (SSSR count). The van der Waals surface area contributed by atoms with Crippen molar-refractivity contribution in [3.8, 4) is 0 Å². The number of amides is 1. The summed E-state index contributed by atoms with van der Waals surface area (Å²) in [7, 11) is 0. The molecule has 3 nitrogen and oxygen atoms in total. The Morgan fingerprint density at radius 3 is 2.65 bits per heavy atom. The molecule has 2 N–H and O–H groups in total. The van der Waals surface area contributed by atoms with Crippen molar-refractivity contribution in [3.05, 3.63) is 0 Å². The normalized spacial score (nSPS) is 26.2. The molecule has 4 heteroatoms. The van der Waals surface area contributed by atoms with Crippen LogP contribution in [0.5, 0.6) is 0 Å². The fraction of sp³-hybridized carbons (Fsp3) is 0.923. The van der Waals surface area contributed by atoms with E-state index in [1.165, 1.54) is 6.42 Å². The Balaban J connectivity index is 0.00000256. The Morgan fingerprint density at radius 2 is 2.12 bits per heavy atom. The van der Waals surface area contributed by atoms with Gasteiger partial charge >= 0.3 is 0 Å². The van der Waals surface area contributed by atoms with Gasteiger partial charge in [-0.1, -0.05) is 27.2 Å². The van der Waals surface area contributed by atoms with Crippen molar-refractivity contribution in [2.75, 3.05) is 13.1 Å². The molecule has 1 heterocycles. The van der Waals surface area contributed by atoms with E-state index in [1.807, 2.05) is 4.90 Å². The summed E-state index contributed by atoms with van der Waals surface area (Å²) < 4.78 is 0. The largest absolute Gasteiger partial charge is 0.341 e. The van der Waals surface area contributed by atoms with Gasteiger partial charge in [0.25, 0.3) is 0 Å². The minimum Gasteiger partial charge on any atom is -0.341 e. The van der Waals surface area contributed by atoms with Crippen LogP contribution in [0.1, 0.15) is 52.9 Å². The Labute approximate surface area is 112 Å². The quantitative estimate of drug-likeness (QED) is 0.847. The molecule has 1 fully saturated rings. The third-order valence-electron chi connectivity index (χ3n) is 3.86. The van der Waals surface area contributed by atoms with Gasteiger partial charge in [-0.2, -0.15) is 0 Å². The van der Waals surface area contributed by atoms with Gasteiger partial charge in [-0.15, -0.1) is 12.4 Å². The second-order valence-corrected chi connectivity index (χ2v) is 5.42. The Bertz CT molecular complexity index is 248. The molecule has 1 amide bonds. The summed E-state index contributed by atoms with van der Waals surface area (Å²) in [6.07, 6.45) is 5.27. The molecule has 0 aromatic rings. The molecule has 0 spiro atoms. The van der Waals surface area contributed by atoms with Crippen molar-refractivity contribution in [3.63, 3.8) is 0 Å². The average Bonchev–Trinajstić information content (AvgIpc) is 2.28. The highest BCUT2D eigenvalue weighted by atomic mass is 35.5. The third-order valence-corrected chi connectivity index (χ3v) is 3.86. The van der Waals surface area contributed by atoms with Crippen LogP contribution in [-0.2, 0) is 4.79 Å². The van der Waals surface area contributed by atoms with E-state index in [0.717, 1.165) is 38.8 Å². The van der Waals surface area contributed by atoms with Crippen LogP contribution in [0.2, 0.25) is 0 Å². The summed E-state index contributed by atoms with van der Waals surface area (Å²) in [5.41, 5.74) is 6.20. The number of piperidine rings is 1. The number of nitrogens with zero attached hydrogens (tertiary/aromatic N) is 1. The topological polar surface area (TPSA) is 46.3 Å². The van der Waals surface area contributed by atoms with Crippen LogP contribution in [0.3, 0.4) is 0 Å². The minimum absolute atomic E-state index is 0. The van der Waals surface area contributed by atoms with Crippen LogP contribution in [0.25, 0.3) is 0 Å². The minimum atomic E-state index is -0.288. The lowest BCUT2D eigenvalue weighted by atomic mass is 9.79. The number of halogens is 1. The molecular weight excluding hydrogens is 236 g/mol. The number of carbonyl (C=O) groups excluding carboxylic acids is 1. The van der Waals surface area contributed by atoms with Crippen molar-refractivity contribution in [2.24, 2.45) is 11.1 Å². The summed E-state index contributed by atoms with van der Waals surface area (Å²) in [6, 6.07) is -0.288. The molecule has 1 saturated heterocycles. The van der Waals surface area contributed by atoms with Gasteiger partial charge in [-0.25, -0.2) is 0 Å². The van der Waals surface area contributed by atoms with Crippen LogP contribution in [0.4, 0.5) is 0 Å². The number of carbonyl (C=O) groups is 1. The van der Waals surface area contributed by atoms with Crippen LogP contribution in [0, 0.1) is 5.41 Å². The monoisotopic (exact) mass is 262 g/mol. The van der Waals surface area contributed by atoms with Gasteiger partial charge in [0, 0.05) is 13.1 Å². The molecule has 0 radical (unpaired) electrons. The first-order valence-electron chi connectivity index (χ1n) is 6.57. The first-order chi connectivity index (χ1) is 7.52. The van der Waals surface area contributed by atoms with Crippen molar-refractivity contribution >= 4 is 18.3 Å². The summed E-state index contributed by atoms with van der Waals surface area (Å²) in [5, 5.41) is 0. The molecule has 2 unspecified atom stereocenters. The summed E-state index contributed by atoms with van der Waals surface area (Å²) in [5.74, 6) is 0.154. The van der Waals surface area contributed by atoms with E-state index in [1.54, 1.807) is 0 Å². The summed E-state index contributed by atoms with van der Waals surface area (Å²) >= 11 is 0. The predicted molar refractivity (Wildman–Crippen MR) is 74.3 cm³/mol. The average molecular weight is 263 g/mol. The number of likely N-dealkylation sites (tertiary alicyclic amines) is 1. The summed E-state index contributed by atoms with van der Waals surface area (Å²) in [6.45, 7) is 8.34. The Morgan fingerprint density at radius 1 is 1.47 bits per heavy atom. The SMILES string of the molecule is CCCC(N)C(=O)N1CCCC(C)(CC)C1.Cl. The van der Waals surface area contributed by atoms with Crippen LogP contribution >= 0.6 is 12.4 Å². The zero-order valence-electron chi connectivity index (χ0n) is 11.4. The van der Waals surface area contributed by atoms with E-state index in [2.05, 4.69) is 20.8 Å². The molecule has 2 atom stereocenters. The van der Waals surface area contributed by atoms with Crippen molar-refractivity contribution < 1.29 is 4.79 Å². The lowest BCUT2D eigenvalue weighted by molar-refractivity contribution is -0.136. The smallest absolute Gasteiger partial charge is 0.239 e. The van der Waals surface area contributed by atoms with Gasteiger partial charge in [0.2, 0.25) is 5.91 Å². The van der Waals surface area contributed by atoms with Gasteiger partial charge in [0.05, 0.1) is 6.04 Å². The van der Waals surface area contributed by atoms with Crippen molar-refractivity contribution in [1.29, 1.82) is 0 Å². The molecule has 0 aromatic heterocycles. The number of hydrogen-bond donors (Lipinski definition) is 1. The standard InChI is InChI=1S/C13H26N2O.ClH/c1-4-7-11(14)12(16)15-9-6-8-13(3,5-2)10-15;/h11H,4-10,14H2,1-3H3;1H. The highest BCUT2D eigenvalue weighted by Gasteiger charge is 2.32. The molecule has 0 bridgehead atoms. The van der Waals surface area contributed by atoms with Crippen LogP contribution in [0.15, 0.2) is 0 Å². The van der Waals surface area contributed by atoms with E-state index in [9.17, 15) is 4.79 Å². The van der Waals surface area contributed by atoms with E-state index in [4.69, 9.17) is 5.73 Å². The highest BCUT2D eigenvalue weighted by Crippen LogP contribution is 2.32. The Hall–Kier alpha value is -0.280. The van der Waals surface area contributed by atoms with Gasteiger partial charge in [-0.3, -0.25) is 4.79 Å². The first-order valence-corrected chi connectivity index (χ1v) is 6.57. The van der Waals surface area contributed by atoms with Gasteiger partial charge < -0.3 is 10.6 Å². The van der Waals surface area contributed by atoms with Gasteiger partial charge in [0.1, 0.15) is 0 Å². The number of hydrogen-bond acceptors (Lipinski definition) is 2. The molecule has 102 valence electrons. The molecule has 0 aromatic carbocycles. The lowest BCUT2D eigenvalue weighted by Crippen LogP contribution is -2.50. The fourth-order valence-electron chi connectivity index (χ4n) is 2.46. The van der Waals surface area contributed by atoms with E-state index in [0.29, 0.717) is 5.41 Å². The molecular formula is C13H27ClN2O. The fourth-order valence-corrected chi connectivity index (χ4v) is 2.46. The van der Waals surface area contributed by atoms with Crippen LogP contribution in [-0.4, -0.2) is 29.9 Å². The molecule has 0 saturated carbocycles. The lowest BCUT2D eigenvalue weighted by Gasteiger charge is -2.41. The maximum atomic E-state index is 12.1. The first kappa shape index (κ1) is 16.7. The number of nitrogens with two attached hydrogens (primary N) is 1. The van der Waals surface area contributed by atoms with Crippen molar-refractivity contribution in [2.45, 2.75) is 58.9 Å². The predicted octanol–water partition coefficient (Wildman–Crippen LogP) is 2.57. The van der Waals surface area contributed by atoms with E-state index < -0.39 is 0 Å². The molecule has 0 aliphatic carbocycles. The molecule has 1 aliphatic heterocycles. The maximum Gasteiger partial charge on any atom is 0.239 e. The van der Waals surface area contributed by atoms with Gasteiger partial charge in [0.15, 0.2) is 0 Å². The van der Waals surface area contributed by atoms with E-state index >= 15 is 0 Å². The molecule has 1 aliphatic rings. The second kappa shape index (κ2) is 7.22. The number of rotatable bonds is 4. The zero-order chi connectivity index (χ0) is 12.2. The highest BCUT2D eigenvalue weighted by molar-refractivity contribution is 5.85. The van der Waals surface area contributed by atoms with E-state index in [-0.39, 0.29) is 24.4 Å². The Kier molecular flexibility index (Phi) is 7.10.